The molecular weight excluding hydrogens is 312 g/mol. The molecule has 120 valence electrons. The maximum absolute atomic E-state index is 11.9. The first-order chi connectivity index (χ1) is 11.0. The summed E-state index contributed by atoms with van der Waals surface area (Å²) in [4.78, 5) is 33.6. The number of hydrogen-bond acceptors (Lipinski definition) is 5. The summed E-state index contributed by atoms with van der Waals surface area (Å²) in [6.07, 6.45) is 1.67. The maximum atomic E-state index is 11.9. The summed E-state index contributed by atoms with van der Waals surface area (Å²) >= 11 is 1.28. The van der Waals surface area contributed by atoms with Gasteiger partial charge >= 0.3 is 0 Å². The van der Waals surface area contributed by atoms with Crippen LogP contribution in [0.25, 0.3) is 0 Å². The lowest BCUT2D eigenvalue weighted by molar-refractivity contribution is -0.113. The Bertz CT molecular complexity index is 701. The Kier molecular flexibility index (Phi) is 5.70. The average molecular weight is 330 g/mol. The lowest BCUT2D eigenvalue weighted by Gasteiger charge is -2.11. The molecule has 2 rings (SSSR count). The van der Waals surface area contributed by atoms with Crippen molar-refractivity contribution in [3.63, 3.8) is 0 Å². The van der Waals surface area contributed by atoms with Crippen LogP contribution in [0.3, 0.4) is 0 Å². The van der Waals surface area contributed by atoms with E-state index >= 15 is 0 Å². The third kappa shape index (κ3) is 5.07. The molecule has 1 aromatic heterocycles. The zero-order chi connectivity index (χ0) is 16.8. The summed E-state index contributed by atoms with van der Waals surface area (Å²) in [5, 5.41) is 3.36. The Balaban J connectivity index is 1.89. The van der Waals surface area contributed by atoms with E-state index in [1.54, 1.807) is 50.6 Å². The Morgan fingerprint density at radius 1 is 1.17 bits per heavy atom. The standard InChI is InChI=1S/C16H18N4O2S/c1-11-8-9-17-16(18-11)23-10-14(21)19-13-6-4-12(5-7-13)15(22)20(2)3/h4-9H,10H2,1-3H3,(H,19,21). The lowest BCUT2D eigenvalue weighted by atomic mass is 10.2. The Labute approximate surface area is 139 Å². The van der Waals surface area contributed by atoms with Crippen LogP contribution in [-0.2, 0) is 4.79 Å². The van der Waals surface area contributed by atoms with Crippen molar-refractivity contribution in [2.75, 3.05) is 25.2 Å². The molecule has 23 heavy (non-hydrogen) atoms. The number of nitrogens with zero attached hydrogens (tertiary/aromatic N) is 3. The van der Waals surface area contributed by atoms with Crippen LogP contribution in [-0.4, -0.2) is 46.5 Å². The molecule has 2 amide bonds. The highest BCUT2D eigenvalue weighted by Gasteiger charge is 2.09. The van der Waals surface area contributed by atoms with E-state index in [-0.39, 0.29) is 17.6 Å². The molecule has 0 atom stereocenters. The summed E-state index contributed by atoms with van der Waals surface area (Å²) in [6.45, 7) is 1.88. The number of amides is 2. The van der Waals surface area contributed by atoms with Gasteiger partial charge in [-0.05, 0) is 37.3 Å². The molecule has 0 spiro atoms. The number of anilines is 1. The molecule has 1 N–H and O–H groups in total. The van der Waals surface area contributed by atoms with Crippen molar-refractivity contribution >= 4 is 29.3 Å². The Morgan fingerprint density at radius 3 is 2.48 bits per heavy atom. The lowest BCUT2D eigenvalue weighted by Crippen LogP contribution is -2.21. The van der Waals surface area contributed by atoms with Gasteiger partial charge in [-0.25, -0.2) is 9.97 Å². The SMILES string of the molecule is Cc1ccnc(SCC(=O)Nc2ccc(C(=O)N(C)C)cc2)n1. The summed E-state index contributed by atoms with van der Waals surface area (Å²) in [7, 11) is 3.39. The fourth-order valence-electron chi connectivity index (χ4n) is 1.78. The van der Waals surface area contributed by atoms with Gasteiger partial charge in [0.2, 0.25) is 5.91 Å². The summed E-state index contributed by atoms with van der Waals surface area (Å²) in [5.41, 5.74) is 2.09. The van der Waals surface area contributed by atoms with Gasteiger partial charge in [0.15, 0.2) is 5.16 Å². The van der Waals surface area contributed by atoms with Gasteiger partial charge in [0.25, 0.3) is 5.91 Å². The number of nitrogens with one attached hydrogen (secondary N) is 1. The minimum Gasteiger partial charge on any atom is -0.345 e. The molecule has 0 aliphatic carbocycles. The largest absolute Gasteiger partial charge is 0.345 e. The second-order valence-electron chi connectivity index (χ2n) is 5.09. The predicted molar refractivity (Wildman–Crippen MR) is 90.6 cm³/mol. The fraction of sp³-hybridized carbons (Fsp3) is 0.250. The van der Waals surface area contributed by atoms with Crippen molar-refractivity contribution < 1.29 is 9.59 Å². The highest BCUT2D eigenvalue weighted by atomic mass is 32.2. The van der Waals surface area contributed by atoms with Gasteiger partial charge < -0.3 is 10.2 Å². The van der Waals surface area contributed by atoms with E-state index in [4.69, 9.17) is 0 Å². The number of carbonyl (C=O) groups excluding carboxylic acids is 2. The molecule has 2 aromatic rings. The third-order valence-electron chi connectivity index (χ3n) is 2.93. The zero-order valence-electron chi connectivity index (χ0n) is 13.2. The molecule has 0 unspecified atom stereocenters. The molecule has 1 aromatic carbocycles. The summed E-state index contributed by atoms with van der Waals surface area (Å²) in [5.74, 6) is 0.00350. The molecule has 7 heteroatoms. The van der Waals surface area contributed by atoms with E-state index in [1.807, 2.05) is 6.92 Å². The van der Waals surface area contributed by atoms with Crippen LogP contribution in [0.1, 0.15) is 16.1 Å². The molecule has 0 aliphatic rings. The van der Waals surface area contributed by atoms with Gasteiger partial charge in [-0.15, -0.1) is 0 Å². The smallest absolute Gasteiger partial charge is 0.253 e. The monoisotopic (exact) mass is 330 g/mol. The second kappa shape index (κ2) is 7.73. The van der Waals surface area contributed by atoms with Crippen molar-refractivity contribution in [2.24, 2.45) is 0 Å². The zero-order valence-corrected chi connectivity index (χ0v) is 14.1. The van der Waals surface area contributed by atoms with Crippen LogP contribution >= 0.6 is 11.8 Å². The fourth-order valence-corrected chi connectivity index (χ4v) is 2.45. The van der Waals surface area contributed by atoms with Gasteiger partial charge in [-0.3, -0.25) is 9.59 Å². The molecule has 0 aliphatic heterocycles. The topological polar surface area (TPSA) is 75.2 Å². The number of benzene rings is 1. The van der Waals surface area contributed by atoms with Gasteiger partial charge in [-0.1, -0.05) is 11.8 Å². The third-order valence-corrected chi connectivity index (χ3v) is 3.79. The van der Waals surface area contributed by atoms with Crippen LogP contribution < -0.4 is 5.32 Å². The first kappa shape index (κ1) is 17.0. The highest BCUT2D eigenvalue weighted by molar-refractivity contribution is 7.99. The van der Waals surface area contributed by atoms with Crippen molar-refractivity contribution in [2.45, 2.75) is 12.1 Å². The molecule has 0 bridgehead atoms. The Morgan fingerprint density at radius 2 is 1.87 bits per heavy atom. The van der Waals surface area contributed by atoms with Crippen LogP contribution in [0.2, 0.25) is 0 Å². The van der Waals surface area contributed by atoms with Crippen LogP contribution in [0.5, 0.6) is 0 Å². The molecule has 1 heterocycles. The Hall–Kier alpha value is -2.41. The molecule has 0 radical (unpaired) electrons. The quantitative estimate of drug-likeness (QED) is 0.672. The van der Waals surface area contributed by atoms with Crippen molar-refractivity contribution in [1.29, 1.82) is 0 Å². The number of hydrogen-bond donors (Lipinski definition) is 1. The van der Waals surface area contributed by atoms with Gasteiger partial charge in [0.05, 0.1) is 5.75 Å². The normalized spacial score (nSPS) is 10.2. The van der Waals surface area contributed by atoms with Crippen LogP contribution in [0, 0.1) is 6.92 Å². The van der Waals surface area contributed by atoms with E-state index in [0.717, 1.165) is 5.69 Å². The molecule has 0 saturated carbocycles. The molecular formula is C16H18N4O2S. The van der Waals surface area contributed by atoms with Crippen molar-refractivity contribution in [3.05, 3.63) is 47.8 Å². The van der Waals surface area contributed by atoms with E-state index in [2.05, 4.69) is 15.3 Å². The maximum Gasteiger partial charge on any atom is 0.253 e. The van der Waals surface area contributed by atoms with E-state index in [9.17, 15) is 9.59 Å². The van der Waals surface area contributed by atoms with E-state index in [1.165, 1.54) is 16.7 Å². The van der Waals surface area contributed by atoms with Crippen molar-refractivity contribution in [1.82, 2.24) is 14.9 Å². The van der Waals surface area contributed by atoms with Crippen molar-refractivity contribution in [3.8, 4) is 0 Å². The van der Waals surface area contributed by atoms with Crippen LogP contribution in [0.15, 0.2) is 41.7 Å². The average Bonchev–Trinajstić information content (AvgIpc) is 2.53. The number of thioether (sulfide) groups is 1. The second-order valence-corrected chi connectivity index (χ2v) is 6.04. The van der Waals surface area contributed by atoms with E-state index in [0.29, 0.717) is 16.4 Å². The van der Waals surface area contributed by atoms with E-state index < -0.39 is 0 Å². The predicted octanol–water partition coefficient (Wildman–Crippen LogP) is 2.22. The number of aromatic nitrogens is 2. The molecule has 6 nitrogen and oxygen atoms in total. The van der Waals surface area contributed by atoms with Gasteiger partial charge in [0.1, 0.15) is 0 Å². The highest BCUT2D eigenvalue weighted by Crippen LogP contribution is 2.14. The minimum atomic E-state index is -0.146. The first-order valence-corrected chi connectivity index (χ1v) is 7.98. The number of rotatable bonds is 5. The number of carbonyl (C=O) groups is 2. The molecule has 0 fully saturated rings. The van der Waals surface area contributed by atoms with Gasteiger partial charge in [0, 0.05) is 37.2 Å². The summed E-state index contributed by atoms with van der Waals surface area (Å²) in [6, 6.07) is 8.61. The minimum absolute atomic E-state index is 0.0740. The summed E-state index contributed by atoms with van der Waals surface area (Å²) < 4.78 is 0. The van der Waals surface area contributed by atoms with Gasteiger partial charge in [-0.2, -0.15) is 0 Å². The molecule has 0 saturated heterocycles. The number of aryl methyl sites for hydroxylation is 1. The first-order valence-electron chi connectivity index (χ1n) is 7.00. The van der Waals surface area contributed by atoms with Crippen LogP contribution in [0.4, 0.5) is 5.69 Å².